The maximum atomic E-state index is 11.2. The summed E-state index contributed by atoms with van der Waals surface area (Å²) in [6.07, 6.45) is 4.81. The number of hydrogen-bond donors (Lipinski definition) is 2. The number of nitrogens with one attached hydrogen (secondary N) is 1. The smallest absolute Gasteiger partial charge is 0.323 e. The molecule has 2 N–H and O–H groups in total. The second-order valence-electron chi connectivity index (χ2n) is 5.94. The topological polar surface area (TPSA) is 58.6 Å². The number of likely N-dealkylation sites (N-methyl/N-ethyl adjacent to an activating group) is 1. The molecule has 0 saturated carbocycles. The maximum absolute atomic E-state index is 11.2. The third-order valence-electron chi connectivity index (χ3n) is 4.48. The van der Waals surface area contributed by atoms with Crippen molar-refractivity contribution in [3.63, 3.8) is 0 Å². The Hall–Kier alpha value is -1.39. The van der Waals surface area contributed by atoms with Crippen molar-refractivity contribution in [2.45, 2.75) is 50.7 Å². The first-order valence-corrected chi connectivity index (χ1v) is 7.68. The molecule has 4 nitrogen and oxygen atoms in total. The molecule has 1 aromatic carbocycles. The number of aryl methyl sites for hydroxylation is 1. The van der Waals surface area contributed by atoms with E-state index in [9.17, 15) is 9.90 Å². The minimum Gasteiger partial charge on any atom is -0.480 e. The lowest BCUT2D eigenvalue weighted by Gasteiger charge is -2.27. The van der Waals surface area contributed by atoms with Crippen LogP contribution in [0, 0.1) is 0 Å². The molecule has 0 saturated heterocycles. The van der Waals surface area contributed by atoms with Gasteiger partial charge in [-0.25, -0.2) is 0 Å². The fraction of sp³-hybridized carbons (Fsp3) is 0.588. The van der Waals surface area contributed by atoms with E-state index in [1.165, 1.54) is 11.1 Å². The lowest BCUT2D eigenvalue weighted by atomic mass is 9.89. The zero-order valence-electron chi connectivity index (χ0n) is 12.9. The second kappa shape index (κ2) is 7.05. The lowest BCUT2D eigenvalue weighted by molar-refractivity contribution is -0.144. The third-order valence-corrected chi connectivity index (χ3v) is 4.48. The molecule has 2 rings (SSSR count). The van der Waals surface area contributed by atoms with Crippen LogP contribution in [0.25, 0.3) is 0 Å². The van der Waals surface area contributed by atoms with Gasteiger partial charge in [0.2, 0.25) is 0 Å². The molecule has 1 aliphatic rings. The average Bonchev–Trinajstić information content (AvgIpc) is 2.51. The van der Waals surface area contributed by atoms with Crippen molar-refractivity contribution in [2.24, 2.45) is 0 Å². The van der Waals surface area contributed by atoms with Gasteiger partial charge in [0.05, 0.1) is 6.10 Å². The van der Waals surface area contributed by atoms with Crippen molar-refractivity contribution < 1.29 is 14.6 Å². The quantitative estimate of drug-likeness (QED) is 0.758. The van der Waals surface area contributed by atoms with Crippen molar-refractivity contribution in [1.82, 2.24) is 5.32 Å². The Kier molecular flexibility index (Phi) is 5.37. The first-order valence-electron chi connectivity index (χ1n) is 7.68. The van der Waals surface area contributed by atoms with E-state index in [4.69, 9.17) is 4.74 Å². The van der Waals surface area contributed by atoms with Crippen LogP contribution in [-0.2, 0) is 16.0 Å². The average molecular weight is 291 g/mol. The number of aliphatic carboxylic acids is 1. The van der Waals surface area contributed by atoms with Crippen LogP contribution in [-0.4, -0.2) is 30.3 Å². The van der Waals surface area contributed by atoms with Crippen molar-refractivity contribution in [1.29, 1.82) is 0 Å². The molecule has 0 spiro atoms. The Morgan fingerprint density at radius 3 is 2.95 bits per heavy atom. The fourth-order valence-electron chi connectivity index (χ4n) is 2.87. The normalized spacial score (nSPS) is 20.6. The zero-order chi connectivity index (χ0) is 15.3. The molecule has 0 radical (unpaired) electrons. The minimum atomic E-state index is -0.867. The molecule has 4 heteroatoms. The van der Waals surface area contributed by atoms with Crippen LogP contribution in [0.5, 0.6) is 0 Å². The van der Waals surface area contributed by atoms with Crippen LogP contribution in [0.2, 0.25) is 0 Å². The van der Waals surface area contributed by atoms with Gasteiger partial charge in [-0.3, -0.25) is 4.79 Å². The van der Waals surface area contributed by atoms with Gasteiger partial charge in [0.15, 0.2) is 0 Å². The van der Waals surface area contributed by atoms with Gasteiger partial charge in [-0.15, -0.1) is 0 Å². The molecular weight excluding hydrogens is 266 g/mol. The van der Waals surface area contributed by atoms with Gasteiger partial charge >= 0.3 is 5.97 Å². The standard InChI is InChI=1S/C17H25NO3/c1-17(18-2,16(19)20)11-6-12-21-15-10-5-8-13-7-3-4-9-14(13)15/h3-4,7,9,15,18H,5-6,8,10-12H2,1-2H3,(H,19,20). The van der Waals surface area contributed by atoms with E-state index in [1.54, 1.807) is 14.0 Å². The largest absolute Gasteiger partial charge is 0.480 e. The van der Waals surface area contributed by atoms with Gasteiger partial charge in [-0.1, -0.05) is 24.3 Å². The monoisotopic (exact) mass is 291 g/mol. The van der Waals surface area contributed by atoms with E-state index in [0.717, 1.165) is 25.7 Å². The van der Waals surface area contributed by atoms with Crippen molar-refractivity contribution >= 4 is 5.97 Å². The predicted molar refractivity (Wildman–Crippen MR) is 82.4 cm³/mol. The summed E-state index contributed by atoms with van der Waals surface area (Å²) in [6.45, 7) is 2.31. The third kappa shape index (κ3) is 3.83. The summed E-state index contributed by atoms with van der Waals surface area (Å²) in [5, 5.41) is 12.1. The summed E-state index contributed by atoms with van der Waals surface area (Å²) in [5.41, 5.74) is 1.83. The Balaban J connectivity index is 1.84. The van der Waals surface area contributed by atoms with Gasteiger partial charge < -0.3 is 15.2 Å². The van der Waals surface area contributed by atoms with Crippen molar-refractivity contribution in [3.8, 4) is 0 Å². The predicted octanol–water partition coefficient (Wildman–Crippen LogP) is 2.92. The molecule has 0 fully saturated rings. The van der Waals surface area contributed by atoms with Gasteiger partial charge in [0, 0.05) is 6.61 Å². The van der Waals surface area contributed by atoms with E-state index < -0.39 is 11.5 Å². The molecule has 0 aromatic heterocycles. The SMILES string of the molecule is CNC(C)(CCCOC1CCCc2ccccc21)C(=O)O. The first kappa shape index (κ1) is 16.0. The van der Waals surface area contributed by atoms with Crippen LogP contribution < -0.4 is 5.32 Å². The molecule has 1 aromatic rings. The fourth-order valence-corrected chi connectivity index (χ4v) is 2.87. The number of fused-ring (bicyclic) bond motifs is 1. The molecule has 21 heavy (non-hydrogen) atoms. The lowest BCUT2D eigenvalue weighted by Crippen LogP contribution is -2.47. The first-order chi connectivity index (χ1) is 10.1. The summed E-state index contributed by atoms with van der Waals surface area (Å²) in [7, 11) is 1.69. The van der Waals surface area contributed by atoms with Gasteiger partial charge in [-0.2, -0.15) is 0 Å². The highest BCUT2D eigenvalue weighted by Crippen LogP contribution is 2.32. The Morgan fingerprint density at radius 1 is 1.48 bits per heavy atom. The van der Waals surface area contributed by atoms with Crippen LogP contribution in [0.15, 0.2) is 24.3 Å². The Bertz CT molecular complexity index is 489. The van der Waals surface area contributed by atoms with E-state index in [-0.39, 0.29) is 6.10 Å². The van der Waals surface area contributed by atoms with Crippen molar-refractivity contribution in [3.05, 3.63) is 35.4 Å². The van der Waals surface area contributed by atoms with Gasteiger partial charge in [0.1, 0.15) is 5.54 Å². The number of hydrogen-bond acceptors (Lipinski definition) is 3. The summed E-state index contributed by atoms with van der Waals surface area (Å²) < 4.78 is 6.01. The second-order valence-corrected chi connectivity index (χ2v) is 5.94. The molecule has 0 heterocycles. The summed E-state index contributed by atoms with van der Waals surface area (Å²) >= 11 is 0. The molecular formula is C17H25NO3. The number of carboxylic acids is 1. The minimum absolute atomic E-state index is 0.167. The van der Waals surface area contributed by atoms with Crippen molar-refractivity contribution in [2.75, 3.05) is 13.7 Å². The molecule has 0 bridgehead atoms. The van der Waals surface area contributed by atoms with Crippen LogP contribution in [0.3, 0.4) is 0 Å². The molecule has 1 aliphatic carbocycles. The van der Waals surface area contributed by atoms with Gasteiger partial charge in [0.25, 0.3) is 0 Å². The molecule has 2 atom stereocenters. The van der Waals surface area contributed by atoms with E-state index in [0.29, 0.717) is 13.0 Å². The van der Waals surface area contributed by atoms with Crippen LogP contribution >= 0.6 is 0 Å². The number of ether oxygens (including phenoxy) is 1. The van der Waals surface area contributed by atoms with E-state index in [2.05, 4.69) is 29.6 Å². The molecule has 116 valence electrons. The van der Waals surface area contributed by atoms with Crippen LogP contribution in [0.1, 0.15) is 49.8 Å². The Labute approximate surface area is 126 Å². The van der Waals surface area contributed by atoms with E-state index >= 15 is 0 Å². The highest BCUT2D eigenvalue weighted by Gasteiger charge is 2.30. The number of benzene rings is 1. The number of rotatable bonds is 7. The summed E-state index contributed by atoms with van der Waals surface area (Å²) in [5.74, 6) is -0.812. The molecule has 0 aliphatic heterocycles. The highest BCUT2D eigenvalue weighted by molar-refractivity contribution is 5.78. The molecule has 0 amide bonds. The zero-order valence-corrected chi connectivity index (χ0v) is 12.9. The molecule has 2 unspecified atom stereocenters. The highest BCUT2D eigenvalue weighted by atomic mass is 16.5. The summed E-state index contributed by atoms with van der Waals surface area (Å²) in [6, 6.07) is 8.46. The van der Waals surface area contributed by atoms with Crippen LogP contribution in [0.4, 0.5) is 0 Å². The number of carbonyl (C=O) groups is 1. The number of carboxylic acid groups (broad SMARTS) is 1. The Morgan fingerprint density at radius 2 is 2.24 bits per heavy atom. The summed E-state index contributed by atoms with van der Waals surface area (Å²) in [4.78, 5) is 11.2. The maximum Gasteiger partial charge on any atom is 0.323 e. The van der Waals surface area contributed by atoms with E-state index in [1.807, 2.05) is 0 Å². The van der Waals surface area contributed by atoms with Gasteiger partial charge in [-0.05, 0) is 57.2 Å².